The third-order valence-corrected chi connectivity index (χ3v) is 8.03. The summed E-state index contributed by atoms with van der Waals surface area (Å²) < 4.78 is 10.9. The first-order valence-electron chi connectivity index (χ1n) is 13.4. The van der Waals surface area contributed by atoms with E-state index in [1.807, 2.05) is 37.3 Å². The first-order valence-corrected chi connectivity index (χ1v) is 13.4. The number of hydrogen-bond acceptors (Lipinski definition) is 7. The molecule has 0 radical (unpaired) electrons. The third-order valence-electron chi connectivity index (χ3n) is 8.03. The van der Waals surface area contributed by atoms with Crippen LogP contribution in [0.5, 0.6) is 0 Å². The molecule has 10 nitrogen and oxygen atoms in total. The van der Waals surface area contributed by atoms with E-state index in [0.29, 0.717) is 39.1 Å². The minimum Gasteiger partial charge on any atom is -0.447 e. The highest BCUT2D eigenvalue weighted by Crippen LogP contribution is 2.53. The van der Waals surface area contributed by atoms with Crippen molar-refractivity contribution >= 4 is 18.1 Å². The van der Waals surface area contributed by atoms with Gasteiger partial charge >= 0.3 is 12.2 Å². The summed E-state index contributed by atoms with van der Waals surface area (Å²) in [6.07, 6.45) is 2.48. The van der Waals surface area contributed by atoms with Gasteiger partial charge in [0.05, 0.1) is 12.1 Å². The maximum absolute atomic E-state index is 13.4. The standard InChI is InChI=1S/C27H40N4O6/c1-3-28-25(34)36-19-22(9-13-29-14-12-27(10-11-27)23(32)17-29)31-16-15-30(20(2)24(31)33)26(35)37-18-21-7-5-4-6-8-21/h4-8,20,22-23,32H,3,9-19H2,1-2H3,(H,28,34)/t20?,22-,23?/m0/s1. The number of likely N-dealkylation sites (tertiary alicyclic amines) is 1. The first-order chi connectivity index (χ1) is 17.8. The Morgan fingerprint density at radius 2 is 1.89 bits per heavy atom. The molecule has 0 bridgehead atoms. The summed E-state index contributed by atoms with van der Waals surface area (Å²) in [6.45, 7) is 7.11. The van der Waals surface area contributed by atoms with Gasteiger partial charge in [0, 0.05) is 32.7 Å². The second-order valence-electron chi connectivity index (χ2n) is 10.4. The van der Waals surface area contributed by atoms with Crippen molar-refractivity contribution in [3.05, 3.63) is 35.9 Å². The van der Waals surface area contributed by atoms with Crippen LogP contribution < -0.4 is 5.32 Å². The Morgan fingerprint density at radius 1 is 1.14 bits per heavy atom. The van der Waals surface area contributed by atoms with E-state index >= 15 is 0 Å². The van der Waals surface area contributed by atoms with E-state index in [1.165, 1.54) is 4.90 Å². The van der Waals surface area contributed by atoms with Crippen molar-refractivity contribution in [2.45, 2.75) is 64.3 Å². The van der Waals surface area contributed by atoms with Gasteiger partial charge in [-0.25, -0.2) is 9.59 Å². The molecule has 37 heavy (non-hydrogen) atoms. The highest BCUT2D eigenvalue weighted by atomic mass is 16.6. The molecular weight excluding hydrogens is 476 g/mol. The zero-order valence-electron chi connectivity index (χ0n) is 21.9. The van der Waals surface area contributed by atoms with Crippen LogP contribution in [0.25, 0.3) is 0 Å². The second kappa shape index (κ2) is 12.1. The van der Waals surface area contributed by atoms with Gasteiger partial charge in [-0.2, -0.15) is 0 Å². The summed E-state index contributed by atoms with van der Waals surface area (Å²) in [5.41, 5.74) is 1.01. The molecular formula is C27H40N4O6. The zero-order chi connectivity index (χ0) is 26.4. The predicted molar refractivity (Wildman–Crippen MR) is 137 cm³/mol. The van der Waals surface area contributed by atoms with E-state index in [0.717, 1.165) is 31.4 Å². The van der Waals surface area contributed by atoms with Gasteiger partial charge in [0.2, 0.25) is 5.91 Å². The van der Waals surface area contributed by atoms with Crippen LogP contribution in [0.15, 0.2) is 30.3 Å². The van der Waals surface area contributed by atoms with Crippen molar-refractivity contribution in [2.75, 3.05) is 45.9 Å². The average Bonchev–Trinajstić information content (AvgIpc) is 3.68. The number of piperazine rings is 1. The van der Waals surface area contributed by atoms with Gasteiger partial charge in [0.15, 0.2) is 0 Å². The maximum atomic E-state index is 13.4. The summed E-state index contributed by atoms with van der Waals surface area (Å²) in [7, 11) is 0. The number of benzene rings is 1. The number of aliphatic hydroxyl groups is 1. The van der Waals surface area contributed by atoms with Crippen LogP contribution in [0.3, 0.4) is 0 Å². The number of hydrogen-bond donors (Lipinski definition) is 2. The Bertz CT molecular complexity index is 940. The molecule has 2 N–H and O–H groups in total. The van der Waals surface area contributed by atoms with Gasteiger partial charge < -0.3 is 29.7 Å². The Morgan fingerprint density at radius 3 is 2.57 bits per heavy atom. The highest BCUT2D eigenvalue weighted by Gasteiger charge is 2.51. The van der Waals surface area contributed by atoms with E-state index in [-0.39, 0.29) is 36.7 Å². The zero-order valence-corrected chi connectivity index (χ0v) is 21.9. The first kappa shape index (κ1) is 27.2. The van der Waals surface area contributed by atoms with Crippen molar-refractivity contribution in [3.8, 4) is 0 Å². The number of nitrogens with one attached hydrogen (secondary N) is 1. The summed E-state index contributed by atoms with van der Waals surface area (Å²) >= 11 is 0. The van der Waals surface area contributed by atoms with E-state index in [4.69, 9.17) is 9.47 Å². The molecule has 2 saturated heterocycles. The molecule has 2 unspecified atom stereocenters. The largest absolute Gasteiger partial charge is 0.447 e. The number of ether oxygens (including phenoxy) is 2. The van der Waals surface area contributed by atoms with Crippen molar-refractivity contribution in [1.82, 2.24) is 20.0 Å². The molecule has 1 aliphatic carbocycles. The monoisotopic (exact) mass is 516 g/mol. The van der Waals surface area contributed by atoms with E-state index in [1.54, 1.807) is 11.8 Å². The highest BCUT2D eigenvalue weighted by molar-refractivity contribution is 5.86. The summed E-state index contributed by atoms with van der Waals surface area (Å²) in [6, 6.07) is 8.41. The van der Waals surface area contributed by atoms with Crippen LogP contribution in [0.2, 0.25) is 0 Å². The fourth-order valence-corrected chi connectivity index (χ4v) is 5.36. The molecule has 1 aromatic carbocycles. The lowest BCUT2D eigenvalue weighted by Gasteiger charge is -2.43. The van der Waals surface area contributed by atoms with E-state index in [9.17, 15) is 19.5 Å². The number of carbonyl (C=O) groups excluding carboxylic acids is 3. The number of alkyl carbamates (subject to hydrolysis) is 1. The molecule has 2 aliphatic heterocycles. The summed E-state index contributed by atoms with van der Waals surface area (Å²) in [4.78, 5) is 43.5. The molecule has 3 amide bonds. The van der Waals surface area contributed by atoms with Crippen LogP contribution >= 0.6 is 0 Å². The Labute approximate surface area is 218 Å². The number of nitrogens with zero attached hydrogens (tertiary/aromatic N) is 3. The van der Waals surface area contributed by atoms with Gasteiger partial charge in [-0.1, -0.05) is 30.3 Å². The van der Waals surface area contributed by atoms with Gasteiger partial charge in [0.25, 0.3) is 0 Å². The van der Waals surface area contributed by atoms with E-state index in [2.05, 4.69) is 10.2 Å². The SMILES string of the molecule is CCNC(=O)OC[C@H](CCN1CCC2(CC2)C(O)C1)N1CCN(C(=O)OCc2ccccc2)C(C)C1=O. The van der Waals surface area contributed by atoms with Crippen LogP contribution in [0, 0.1) is 5.41 Å². The topological polar surface area (TPSA) is 112 Å². The quantitative estimate of drug-likeness (QED) is 0.518. The van der Waals surface area contributed by atoms with Gasteiger partial charge in [0.1, 0.15) is 19.3 Å². The van der Waals surface area contributed by atoms with Crippen molar-refractivity contribution in [3.63, 3.8) is 0 Å². The minimum atomic E-state index is -0.685. The van der Waals surface area contributed by atoms with Gasteiger partial charge in [-0.3, -0.25) is 9.69 Å². The number of amides is 3. The second-order valence-corrected chi connectivity index (χ2v) is 10.4. The molecule has 1 spiro atoms. The summed E-state index contributed by atoms with van der Waals surface area (Å²) in [5.74, 6) is -0.192. The summed E-state index contributed by atoms with van der Waals surface area (Å²) in [5, 5.41) is 13.2. The van der Waals surface area contributed by atoms with Crippen LogP contribution in [-0.4, -0.2) is 102 Å². The molecule has 0 aromatic heterocycles. The van der Waals surface area contributed by atoms with Gasteiger partial charge in [-0.15, -0.1) is 0 Å². The lowest BCUT2D eigenvalue weighted by molar-refractivity contribution is -0.144. The normalized spacial score (nSPS) is 24.0. The van der Waals surface area contributed by atoms with Crippen molar-refractivity contribution in [2.24, 2.45) is 5.41 Å². The molecule has 3 aliphatic rings. The molecule has 2 heterocycles. The Hall–Kier alpha value is -2.85. The molecule has 3 fully saturated rings. The average molecular weight is 517 g/mol. The maximum Gasteiger partial charge on any atom is 0.410 e. The molecule has 1 aromatic rings. The smallest absolute Gasteiger partial charge is 0.410 e. The number of carbonyl (C=O) groups is 3. The molecule has 4 rings (SSSR count). The lowest BCUT2D eigenvalue weighted by Crippen LogP contribution is -2.61. The number of β-amino-alcohol motifs (C(OH)–C–C–N with tert-alkyl or cyclic N) is 1. The fourth-order valence-electron chi connectivity index (χ4n) is 5.36. The molecule has 204 valence electrons. The third kappa shape index (κ3) is 6.73. The molecule has 3 atom stereocenters. The number of piperidine rings is 1. The van der Waals surface area contributed by atoms with Crippen LogP contribution in [0.1, 0.15) is 45.1 Å². The van der Waals surface area contributed by atoms with Crippen molar-refractivity contribution < 1.29 is 29.0 Å². The van der Waals surface area contributed by atoms with Crippen LogP contribution in [0.4, 0.5) is 9.59 Å². The number of rotatable bonds is 9. The fraction of sp³-hybridized carbons (Fsp3) is 0.667. The minimum absolute atomic E-state index is 0.0725. The molecule has 1 saturated carbocycles. The van der Waals surface area contributed by atoms with Crippen LogP contribution in [-0.2, 0) is 20.9 Å². The van der Waals surface area contributed by atoms with E-state index < -0.39 is 18.2 Å². The Balaban J connectivity index is 1.34. The predicted octanol–water partition coefficient (Wildman–Crippen LogP) is 2.21. The lowest BCUT2D eigenvalue weighted by atomic mass is 9.90. The van der Waals surface area contributed by atoms with Crippen molar-refractivity contribution in [1.29, 1.82) is 0 Å². The van der Waals surface area contributed by atoms with Gasteiger partial charge in [-0.05, 0) is 57.1 Å². The molecule has 10 heteroatoms. The number of aliphatic hydroxyl groups excluding tert-OH is 1. The Kier molecular flexibility index (Phi) is 8.91.